The average Bonchev–Trinajstić information content (AvgIpc) is 2.59. The minimum atomic E-state index is -0.412. The maximum Gasteiger partial charge on any atom is 0.337 e. The number of hydrogen-bond acceptors (Lipinski definition) is 3. The van der Waals surface area contributed by atoms with Crippen LogP contribution in [0, 0.1) is 0 Å². The van der Waals surface area contributed by atoms with E-state index in [1.54, 1.807) is 24.3 Å². The molecule has 22 heavy (non-hydrogen) atoms. The van der Waals surface area contributed by atoms with Gasteiger partial charge in [0, 0.05) is 12.1 Å². The first-order valence-corrected chi connectivity index (χ1v) is 7.13. The smallest absolute Gasteiger partial charge is 0.337 e. The number of amides is 1. The van der Waals surface area contributed by atoms with Crippen LogP contribution in [0.3, 0.4) is 0 Å². The van der Waals surface area contributed by atoms with Gasteiger partial charge in [-0.25, -0.2) is 4.79 Å². The van der Waals surface area contributed by atoms with E-state index in [9.17, 15) is 9.59 Å². The summed E-state index contributed by atoms with van der Waals surface area (Å²) in [5, 5.41) is 2.90. The Morgan fingerprint density at radius 3 is 2.18 bits per heavy atom. The van der Waals surface area contributed by atoms with Crippen molar-refractivity contribution in [1.29, 1.82) is 0 Å². The van der Waals surface area contributed by atoms with Crippen LogP contribution >= 0.6 is 0 Å². The van der Waals surface area contributed by atoms with Crippen LogP contribution in [-0.4, -0.2) is 25.5 Å². The van der Waals surface area contributed by atoms with Crippen LogP contribution in [0.25, 0.3) is 0 Å². The average molecular weight is 297 g/mol. The zero-order valence-electron chi connectivity index (χ0n) is 12.7. The molecule has 2 aromatic rings. The SMILES string of the molecule is COC(=O)c1ccc(C(=O)NC[C@@H](C)c2ccccc2)cc1. The van der Waals surface area contributed by atoms with E-state index in [1.165, 1.54) is 12.7 Å². The fourth-order valence-electron chi connectivity index (χ4n) is 2.12. The van der Waals surface area contributed by atoms with Crippen molar-refractivity contribution in [3.8, 4) is 0 Å². The number of carbonyl (C=O) groups excluding carboxylic acids is 2. The molecule has 2 rings (SSSR count). The van der Waals surface area contributed by atoms with Crippen LogP contribution in [0.2, 0.25) is 0 Å². The summed E-state index contributed by atoms with van der Waals surface area (Å²) < 4.78 is 4.63. The van der Waals surface area contributed by atoms with Crippen molar-refractivity contribution in [1.82, 2.24) is 5.32 Å². The maximum atomic E-state index is 12.1. The highest BCUT2D eigenvalue weighted by Gasteiger charge is 2.11. The monoisotopic (exact) mass is 297 g/mol. The Labute approximate surface area is 130 Å². The Morgan fingerprint density at radius 1 is 1.00 bits per heavy atom. The zero-order chi connectivity index (χ0) is 15.9. The molecule has 0 saturated carbocycles. The third kappa shape index (κ3) is 3.95. The molecule has 0 aromatic heterocycles. The van der Waals surface area contributed by atoms with Gasteiger partial charge in [-0.05, 0) is 35.7 Å². The fraction of sp³-hybridized carbons (Fsp3) is 0.222. The Bertz CT molecular complexity index is 635. The molecule has 0 aliphatic carbocycles. The Hall–Kier alpha value is -2.62. The summed E-state index contributed by atoms with van der Waals surface area (Å²) in [4.78, 5) is 23.4. The third-order valence-corrected chi connectivity index (χ3v) is 3.51. The van der Waals surface area contributed by atoms with Crippen LogP contribution in [0.1, 0.15) is 39.1 Å². The minimum Gasteiger partial charge on any atom is -0.465 e. The van der Waals surface area contributed by atoms with Crippen molar-refractivity contribution >= 4 is 11.9 Å². The molecule has 0 fully saturated rings. The lowest BCUT2D eigenvalue weighted by Gasteiger charge is -2.13. The Morgan fingerprint density at radius 2 is 1.59 bits per heavy atom. The summed E-state index contributed by atoms with van der Waals surface area (Å²) in [5.74, 6) is -0.330. The van der Waals surface area contributed by atoms with Gasteiger partial charge in [0.25, 0.3) is 5.91 Å². The molecule has 114 valence electrons. The summed E-state index contributed by atoms with van der Waals surface area (Å²) in [6, 6.07) is 16.4. The molecule has 0 spiro atoms. The van der Waals surface area contributed by atoms with Gasteiger partial charge in [0.2, 0.25) is 0 Å². The number of hydrogen-bond donors (Lipinski definition) is 1. The highest BCUT2D eigenvalue weighted by molar-refractivity contribution is 5.96. The molecule has 1 N–H and O–H groups in total. The van der Waals surface area contributed by atoms with E-state index >= 15 is 0 Å². The first kappa shape index (κ1) is 15.8. The number of carbonyl (C=O) groups is 2. The highest BCUT2D eigenvalue weighted by atomic mass is 16.5. The predicted octanol–water partition coefficient (Wildman–Crippen LogP) is 3.01. The van der Waals surface area contributed by atoms with E-state index in [-0.39, 0.29) is 11.8 Å². The lowest BCUT2D eigenvalue weighted by atomic mass is 10.0. The zero-order valence-corrected chi connectivity index (χ0v) is 12.7. The van der Waals surface area contributed by atoms with E-state index in [2.05, 4.69) is 17.0 Å². The van der Waals surface area contributed by atoms with E-state index in [0.717, 1.165) is 0 Å². The Balaban J connectivity index is 1.93. The Kier molecular flexibility index (Phi) is 5.31. The fourth-order valence-corrected chi connectivity index (χ4v) is 2.12. The van der Waals surface area contributed by atoms with Crippen LogP contribution in [0.5, 0.6) is 0 Å². The molecule has 4 heteroatoms. The van der Waals surface area contributed by atoms with Gasteiger partial charge in [-0.3, -0.25) is 4.79 Å². The predicted molar refractivity (Wildman–Crippen MR) is 85.0 cm³/mol. The molecule has 1 amide bonds. The maximum absolute atomic E-state index is 12.1. The molecule has 0 radical (unpaired) electrons. The number of benzene rings is 2. The lowest BCUT2D eigenvalue weighted by molar-refractivity contribution is 0.0600. The lowest BCUT2D eigenvalue weighted by Crippen LogP contribution is -2.27. The second-order valence-corrected chi connectivity index (χ2v) is 5.09. The molecule has 4 nitrogen and oxygen atoms in total. The van der Waals surface area contributed by atoms with Crippen molar-refractivity contribution in [2.24, 2.45) is 0 Å². The number of methoxy groups -OCH3 is 1. The standard InChI is InChI=1S/C18H19NO3/c1-13(14-6-4-3-5-7-14)12-19-17(20)15-8-10-16(11-9-15)18(21)22-2/h3-11,13H,12H2,1-2H3,(H,19,20)/t13-/m1/s1. The van der Waals surface area contributed by atoms with Crippen molar-refractivity contribution in [2.75, 3.05) is 13.7 Å². The molecular weight excluding hydrogens is 278 g/mol. The summed E-state index contributed by atoms with van der Waals surface area (Å²) >= 11 is 0. The molecule has 0 aliphatic heterocycles. The van der Waals surface area contributed by atoms with Crippen LogP contribution in [-0.2, 0) is 4.74 Å². The number of nitrogens with one attached hydrogen (secondary N) is 1. The van der Waals surface area contributed by atoms with Crippen molar-refractivity contribution in [3.05, 3.63) is 71.3 Å². The van der Waals surface area contributed by atoms with Gasteiger partial charge >= 0.3 is 5.97 Å². The summed E-state index contributed by atoms with van der Waals surface area (Å²) in [6.07, 6.45) is 0. The van der Waals surface area contributed by atoms with Crippen LogP contribution < -0.4 is 5.32 Å². The third-order valence-electron chi connectivity index (χ3n) is 3.51. The topological polar surface area (TPSA) is 55.4 Å². The number of esters is 1. The van der Waals surface area contributed by atoms with E-state index in [4.69, 9.17) is 0 Å². The highest BCUT2D eigenvalue weighted by Crippen LogP contribution is 2.13. The first-order valence-electron chi connectivity index (χ1n) is 7.13. The first-order chi connectivity index (χ1) is 10.6. The normalized spacial score (nSPS) is 11.5. The number of rotatable bonds is 5. The second kappa shape index (κ2) is 7.41. The second-order valence-electron chi connectivity index (χ2n) is 5.09. The molecule has 2 aromatic carbocycles. The van der Waals surface area contributed by atoms with Gasteiger partial charge in [-0.1, -0.05) is 37.3 Å². The van der Waals surface area contributed by atoms with Crippen molar-refractivity contribution < 1.29 is 14.3 Å². The quantitative estimate of drug-likeness (QED) is 0.863. The van der Waals surface area contributed by atoms with Gasteiger partial charge in [-0.15, -0.1) is 0 Å². The van der Waals surface area contributed by atoms with Gasteiger partial charge in [0.15, 0.2) is 0 Å². The molecule has 0 aliphatic rings. The molecule has 0 heterocycles. The van der Waals surface area contributed by atoms with E-state index in [1.807, 2.05) is 30.3 Å². The number of ether oxygens (including phenoxy) is 1. The van der Waals surface area contributed by atoms with Crippen LogP contribution in [0.15, 0.2) is 54.6 Å². The van der Waals surface area contributed by atoms with E-state index < -0.39 is 5.97 Å². The van der Waals surface area contributed by atoms with Crippen molar-refractivity contribution in [2.45, 2.75) is 12.8 Å². The summed E-state index contributed by atoms with van der Waals surface area (Å²) in [6.45, 7) is 2.62. The van der Waals surface area contributed by atoms with Gasteiger partial charge in [-0.2, -0.15) is 0 Å². The molecule has 0 unspecified atom stereocenters. The molecule has 0 bridgehead atoms. The molecule has 1 atom stereocenters. The largest absolute Gasteiger partial charge is 0.465 e. The van der Waals surface area contributed by atoms with Crippen molar-refractivity contribution in [3.63, 3.8) is 0 Å². The van der Waals surface area contributed by atoms with Crippen LogP contribution in [0.4, 0.5) is 0 Å². The van der Waals surface area contributed by atoms with E-state index in [0.29, 0.717) is 17.7 Å². The minimum absolute atomic E-state index is 0.154. The molecular formula is C18H19NO3. The summed E-state index contributed by atoms with van der Waals surface area (Å²) in [5.41, 5.74) is 2.13. The van der Waals surface area contributed by atoms with Gasteiger partial charge in [0.1, 0.15) is 0 Å². The molecule has 0 saturated heterocycles. The van der Waals surface area contributed by atoms with Gasteiger partial charge < -0.3 is 10.1 Å². The van der Waals surface area contributed by atoms with Gasteiger partial charge in [0.05, 0.1) is 12.7 Å². The summed E-state index contributed by atoms with van der Waals surface area (Å²) in [7, 11) is 1.33.